The van der Waals surface area contributed by atoms with Gasteiger partial charge in [0.2, 0.25) is 5.91 Å². The molecule has 2 saturated heterocycles. The first-order valence-electron chi connectivity index (χ1n) is 8.36. The number of likely N-dealkylation sites (tertiary alicyclic amines) is 2. The van der Waals surface area contributed by atoms with Gasteiger partial charge in [-0.1, -0.05) is 6.08 Å². The van der Waals surface area contributed by atoms with Crippen LogP contribution in [-0.4, -0.2) is 71.0 Å². The van der Waals surface area contributed by atoms with E-state index >= 15 is 0 Å². The van der Waals surface area contributed by atoms with Gasteiger partial charge in [0.05, 0.1) is 0 Å². The Kier molecular flexibility index (Phi) is 6.53. The number of amides is 2. The van der Waals surface area contributed by atoms with Gasteiger partial charge in [-0.05, 0) is 43.1 Å². The van der Waals surface area contributed by atoms with Gasteiger partial charge in [0.15, 0.2) is 0 Å². The van der Waals surface area contributed by atoms with Crippen LogP contribution in [0, 0.1) is 5.41 Å². The second-order valence-electron chi connectivity index (χ2n) is 6.69. The molecular weight excluding hydrogens is 312 g/mol. The van der Waals surface area contributed by atoms with Crippen molar-refractivity contribution in [3.05, 3.63) is 12.7 Å². The van der Waals surface area contributed by atoms with Crippen LogP contribution in [-0.2, 0) is 9.59 Å². The van der Waals surface area contributed by atoms with Crippen molar-refractivity contribution >= 4 is 23.6 Å². The highest BCUT2D eigenvalue weighted by atomic mass is 32.2. The van der Waals surface area contributed by atoms with E-state index in [1.54, 1.807) is 22.7 Å². The fraction of sp³-hybridized carbons (Fsp3) is 0.765. The van der Waals surface area contributed by atoms with Gasteiger partial charge in [-0.25, -0.2) is 0 Å². The molecule has 130 valence electrons. The molecule has 2 aliphatic rings. The Morgan fingerprint density at radius 1 is 1.43 bits per heavy atom. The molecule has 0 aliphatic carbocycles. The number of thioether (sulfide) groups is 1. The molecule has 0 aromatic rings. The molecule has 1 atom stereocenters. The minimum absolute atomic E-state index is 0.135. The minimum Gasteiger partial charge on any atom is -0.383 e. The van der Waals surface area contributed by atoms with Crippen LogP contribution in [0.4, 0.5) is 0 Å². The predicted octanol–water partition coefficient (Wildman–Crippen LogP) is 1.52. The second-order valence-corrected chi connectivity index (χ2v) is 7.67. The van der Waals surface area contributed by atoms with Crippen LogP contribution in [0.5, 0.6) is 0 Å². The van der Waals surface area contributed by atoms with Crippen LogP contribution in [0.15, 0.2) is 12.7 Å². The molecule has 5 nitrogen and oxygen atoms in total. The first-order valence-corrected chi connectivity index (χ1v) is 9.75. The fourth-order valence-corrected chi connectivity index (χ4v) is 4.06. The van der Waals surface area contributed by atoms with E-state index in [4.69, 9.17) is 0 Å². The summed E-state index contributed by atoms with van der Waals surface area (Å²) in [5.74, 6) is 0.869. The molecule has 1 spiro atoms. The van der Waals surface area contributed by atoms with E-state index in [0.29, 0.717) is 32.5 Å². The molecule has 2 aliphatic heterocycles. The predicted molar refractivity (Wildman–Crippen MR) is 93.3 cm³/mol. The monoisotopic (exact) mass is 340 g/mol. The Hall–Kier alpha value is -1.01. The van der Waals surface area contributed by atoms with Crippen molar-refractivity contribution < 1.29 is 14.7 Å². The number of hydrogen-bond acceptors (Lipinski definition) is 4. The number of carbonyl (C=O) groups is 2. The lowest BCUT2D eigenvalue weighted by Gasteiger charge is -2.47. The van der Waals surface area contributed by atoms with E-state index < -0.39 is 6.10 Å². The first kappa shape index (κ1) is 18.3. The van der Waals surface area contributed by atoms with Gasteiger partial charge in [0, 0.05) is 32.6 Å². The van der Waals surface area contributed by atoms with E-state index in [0.717, 1.165) is 31.6 Å². The fourth-order valence-electron chi connectivity index (χ4n) is 3.60. The Morgan fingerprint density at radius 2 is 2.13 bits per heavy atom. The van der Waals surface area contributed by atoms with E-state index in [9.17, 15) is 14.7 Å². The summed E-state index contributed by atoms with van der Waals surface area (Å²) >= 11 is 1.64. The number of piperidine rings is 2. The molecule has 2 fully saturated rings. The van der Waals surface area contributed by atoms with E-state index in [1.165, 1.54) is 0 Å². The second kappa shape index (κ2) is 8.20. The molecule has 1 N–H and O–H groups in total. The van der Waals surface area contributed by atoms with Crippen molar-refractivity contribution in [3.8, 4) is 0 Å². The van der Waals surface area contributed by atoms with Gasteiger partial charge in [0.1, 0.15) is 6.10 Å². The molecule has 1 unspecified atom stereocenters. The molecule has 0 bridgehead atoms. The van der Waals surface area contributed by atoms with Crippen LogP contribution >= 0.6 is 11.8 Å². The largest absolute Gasteiger partial charge is 0.383 e. The summed E-state index contributed by atoms with van der Waals surface area (Å²) in [5, 5.41) is 9.98. The average Bonchev–Trinajstić information content (AvgIpc) is 2.56. The minimum atomic E-state index is -0.873. The van der Waals surface area contributed by atoms with Crippen molar-refractivity contribution in [2.24, 2.45) is 5.41 Å². The maximum Gasteiger partial charge on any atom is 0.251 e. The molecule has 2 amide bonds. The smallest absolute Gasteiger partial charge is 0.251 e. The Labute approximate surface area is 143 Å². The number of carbonyl (C=O) groups excluding carboxylic acids is 2. The van der Waals surface area contributed by atoms with Crippen molar-refractivity contribution in [1.82, 2.24) is 9.80 Å². The molecule has 2 rings (SSSR count). The zero-order valence-corrected chi connectivity index (χ0v) is 14.8. The van der Waals surface area contributed by atoms with Crippen molar-refractivity contribution in [2.45, 2.75) is 38.2 Å². The van der Waals surface area contributed by atoms with Gasteiger partial charge in [-0.3, -0.25) is 9.59 Å². The van der Waals surface area contributed by atoms with Gasteiger partial charge < -0.3 is 14.9 Å². The number of rotatable bonds is 6. The third-order valence-corrected chi connectivity index (χ3v) is 5.76. The highest BCUT2D eigenvalue weighted by Crippen LogP contribution is 2.40. The van der Waals surface area contributed by atoms with E-state index in [-0.39, 0.29) is 17.2 Å². The number of hydrogen-bond donors (Lipinski definition) is 1. The summed E-state index contributed by atoms with van der Waals surface area (Å²) in [5.41, 5.74) is 0.137. The molecule has 6 heteroatoms. The lowest BCUT2D eigenvalue weighted by atomic mass is 9.72. The summed E-state index contributed by atoms with van der Waals surface area (Å²) < 4.78 is 0. The average molecular weight is 340 g/mol. The summed E-state index contributed by atoms with van der Waals surface area (Å²) in [6, 6.07) is 0. The lowest BCUT2D eigenvalue weighted by Crippen LogP contribution is -2.53. The molecule has 2 heterocycles. The first-order chi connectivity index (χ1) is 11.0. The maximum atomic E-state index is 12.3. The summed E-state index contributed by atoms with van der Waals surface area (Å²) in [7, 11) is 0. The third kappa shape index (κ3) is 4.51. The lowest BCUT2D eigenvalue weighted by molar-refractivity contribution is -0.146. The number of aliphatic hydroxyl groups excluding tert-OH is 1. The Morgan fingerprint density at radius 3 is 2.74 bits per heavy atom. The zero-order valence-electron chi connectivity index (χ0n) is 14.0. The molecule has 0 aromatic carbocycles. The van der Waals surface area contributed by atoms with Crippen molar-refractivity contribution in [2.75, 3.05) is 38.2 Å². The highest BCUT2D eigenvalue weighted by molar-refractivity contribution is 7.98. The quantitative estimate of drug-likeness (QED) is 0.745. The van der Waals surface area contributed by atoms with Crippen LogP contribution in [0.25, 0.3) is 0 Å². The molecule has 0 aromatic heterocycles. The molecule has 23 heavy (non-hydrogen) atoms. The van der Waals surface area contributed by atoms with Gasteiger partial charge in [-0.2, -0.15) is 11.8 Å². The summed E-state index contributed by atoms with van der Waals surface area (Å²) in [6.45, 7) is 6.48. The normalized spacial score (nSPS) is 22.3. The Balaban J connectivity index is 1.88. The molecule has 0 saturated carbocycles. The standard InChI is InChI=1S/C17H28N2O3S/c1-3-9-19-13-17(6-4-15(19)21)7-10-18(11-8-17)16(22)14(20)5-12-23-2/h3,14,20H,1,4-13H2,2H3. The topological polar surface area (TPSA) is 60.9 Å². The van der Waals surface area contributed by atoms with Gasteiger partial charge >= 0.3 is 0 Å². The molecular formula is C17H28N2O3S. The summed E-state index contributed by atoms with van der Waals surface area (Å²) in [6.07, 6.45) is 6.72. The van der Waals surface area contributed by atoms with E-state index in [2.05, 4.69) is 6.58 Å². The third-order valence-electron chi connectivity index (χ3n) is 5.11. The maximum absolute atomic E-state index is 12.3. The van der Waals surface area contributed by atoms with E-state index in [1.807, 2.05) is 11.2 Å². The number of nitrogens with zero attached hydrogens (tertiary/aromatic N) is 2. The highest BCUT2D eigenvalue weighted by Gasteiger charge is 2.41. The van der Waals surface area contributed by atoms with Crippen molar-refractivity contribution in [3.63, 3.8) is 0 Å². The van der Waals surface area contributed by atoms with Crippen LogP contribution in [0.3, 0.4) is 0 Å². The van der Waals surface area contributed by atoms with Crippen LogP contribution in [0.1, 0.15) is 32.1 Å². The van der Waals surface area contributed by atoms with Crippen LogP contribution in [0.2, 0.25) is 0 Å². The SMILES string of the molecule is C=CCN1CC2(CCC1=O)CCN(C(=O)C(O)CCSC)CC2. The van der Waals surface area contributed by atoms with Gasteiger partial charge in [0.25, 0.3) is 5.91 Å². The zero-order chi connectivity index (χ0) is 16.9. The van der Waals surface area contributed by atoms with Gasteiger partial charge in [-0.15, -0.1) is 6.58 Å². The number of aliphatic hydroxyl groups is 1. The molecule has 0 radical (unpaired) electrons. The van der Waals surface area contributed by atoms with Crippen molar-refractivity contribution in [1.29, 1.82) is 0 Å². The van der Waals surface area contributed by atoms with Crippen LogP contribution < -0.4 is 0 Å². The summed E-state index contributed by atoms with van der Waals surface area (Å²) in [4.78, 5) is 27.9. The Bertz CT molecular complexity index is 447.